The van der Waals surface area contributed by atoms with Crippen molar-refractivity contribution in [1.29, 1.82) is 0 Å². The SMILES string of the molecule is CCc1ccccc1N(CC(=O)N(Cc1cccc(Br)c1)[C@H](Cc1ccccc1)C(=O)NC1CCCC1)S(=O)(=O)c1ccccc1. The van der Waals surface area contributed by atoms with Crippen molar-refractivity contribution < 1.29 is 18.0 Å². The highest BCUT2D eigenvalue weighted by molar-refractivity contribution is 9.10. The van der Waals surface area contributed by atoms with Crippen LogP contribution in [0.4, 0.5) is 5.69 Å². The Morgan fingerprint density at radius 2 is 1.48 bits per heavy atom. The summed E-state index contributed by atoms with van der Waals surface area (Å²) in [6.07, 6.45) is 4.78. The first-order valence-corrected chi connectivity index (χ1v) is 18.0. The van der Waals surface area contributed by atoms with E-state index in [2.05, 4.69) is 21.2 Å². The van der Waals surface area contributed by atoms with Crippen LogP contribution >= 0.6 is 15.9 Å². The van der Waals surface area contributed by atoms with Crippen molar-refractivity contribution in [3.05, 3.63) is 130 Å². The zero-order chi connectivity index (χ0) is 32.5. The van der Waals surface area contributed by atoms with Gasteiger partial charge in [-0.25, -0.2) is 8.42 Å². The molecule has 0 unspecified atom stereocenters. The molecule has 9 heteroatoms. The smallest absolute Gasteiger partial charge is 0.264 e. The molecule has 0 radical (unpaired) electrons. The number of carbonyl (C=O) groups excluding carboxylic acids is 2. The van der Waals surface area contributed by atoms with Crippen molar-refractivity contribution in [3.63, 3.8) is 0 Å². The topological polar surface area (TPSA) is 86.8 Å². The van der Waals surface area contributed by atoms with Gasteiger partial charge in [-0.05, 0) is 66.3 Å². The molecule has 1 N–H and O–H groups in total. The number of nitrogens with one attached hydrogen (secondary N) is 1. The monoisotopic (exact) mass is 701 g/mol. The Morgan fingerprint density at radius 1 is 0.848 bits per heavy atom. The van der Waals surface area contributed by atoms with Gasteiger partial charge in [-0.15, -0.1) is 0 Å². The standard InChI is InChI=1S/C37H40BrN3O4S/c1-2-30-17-9-12-23-34(30)41(46(44,45)33-21-7-4-8-22-33)27-36(42)40(26-29-16-13-18-31(38)24-29)35(25-28-14-5-3-6-15-28)37(43)39-32-19-10-11-20-32/h3-9,12-18,21-24,32,35H,2,10-11,19-20,25-27H2,1H3,(H,39,43)/t35-/m1/s1. The van der Waals surface area contributed by atoms with E-state index < -0.39 is 28.5 Å². The first kappa shape index (κ1) is 33.4. The maximum absolute atomic E-state index is 14.7. The molecular weight excluding hydrogens is 662 g/mol. The number of rotatable bonds is 13. The summed E-state index contributed by atoms with van der Waals surface area (Å²) in [6.45, 7) is 1.61. The molecule has 4 aromatic rings. The van der Waals surface area contributed by atoms with Crippen LogP contribution in [0.3, 0.4) is 0 Å². The average Bonchev–Trinajstić information content (AvgIpc) is 3.59. The van der Waals surface area contributed by atoms with Crippen LogP contribution < -0.4 is 9.62 Å². The molecule has 1 saturated carbocycles. The molecule has 0 spiro atoms. The summed E-state index contributed by atoms with van der Waals surface area (Å²) < 4.78 is 30.6. The van der Waals surface area contributed by atoms with Crippen molar-refractivity contribution in [2.24, 2.45) is 0 Å². The molecule has 2 amide bonds. The highest BCUT2D eigenvalue weighted by atomic mass is 79.9. The van der Waals surface area contributed by atoms with Gasteiger partial charge in [0.05, 0.1) is 10.6 Å². The largest absolute Gasteiger partial charge is 0.352 e. The Morgan fingerprint density at radius 3 is 2.15 bits per heavy atom. The predicted octanol–water partition coefficient (Wildman–Crippen LogP) is 6.91. The first-order valence-electron chi connectivity index (χ1n) is 15.8. The second-order valence-corrected chi connectivity index (χ2v) is 14.4. The van der Waals surface area contributed by atoms with Crippen LogP contribution in [0.25, 0.3) is 0 Å². The van der Waals surface area contributed by atoms with Crippen molar-refractivity contribution in [1.82, 2.24) is 10.2 Å². The zero-order valence-electron chi connectivity index (χ0n) is 26.0. The number of halogens is 1. The lowest BCUT2D eigenvalue weighted by Crippen LogP contribution is -2.54. The highest BCUT2D eigenvalue weighted by Gasteiger charge is 2.36. The van der Waals surface area contributed by atoms with E-state index in [-0.39, 0.29) is 29.8 Å². The molecule has 5 rings (SSSR count). The number of aryl methyl sites for hydroxylation is 1. The summed E-state index contributed by atoms with van der Waals surface area (Å²) >= 11 is 3.54. The first-order chi connectivity index (χ1) is 22.3. The van der Waals surface area contributed by atoms with Crippen LogP contribution in [-0.2, 0) is 39.0 Å². The number of carbonyl (C=O) groups is 2. The van der Waals surface area contributed by atoms with Crippen molar-refractivity contribution in [2.75, 3.05) is 10.8 Å². The molecule has 1 aliphatic carbocycles. The third-order valence-corrected chi connectivity index (χ3v) is 10.7. The van der Waals surface area contributed by atoms with Crippen molar-refractivity contribution in [2.45, 2.75) is 69.0 Å². The quantitative estimate of drug-likeness (QED) is 0.164. The highest BCUT2D eigenvalue weighted by Crippen LogP contribution is 2.29. The Kier molecular flexibility index (Phi) is 11.3. The van der Waals surface area contributed by atoms with Crippen LogP contribution in [0, 0.1) is 0 Å². The van der Waals surface area contributed by atoms with E-state index in [0.29, 0.717) is 12.1 Å². The fourth-order valence-electron chi connectivity index (χ4n) is 6.04. The molecule has 4 aromatic carbocycles. The molecule has 1 aliphatic rings. The summed E-state index contributed by atoms with van der Waals surface area (Å²) in [4.78, 5) is 30.5. The van der Waals surface area contributed by atoms with Crippen LogP contribution in [0.5, 0.6) is 0 Å². The van der Waals surface area contributed by atoms with Crippen LogP contribution in [0.15, 0.2) is 119 Å². The minimum absolute atomic E-state index is 0.0555. The van der Waals surface area contributed by atoms with Gasteiger partial charge in [0, 0.05) is 23.5 Å². The van der Waals surface area contributed by atoms with Gasteiger partial charge in [-0.2, -0.15) is 0 Å². The van der Waals surface area contributed by atoms with E-state index in [9.17, 15) is 18.0 Å². The Hall–Kier alpha value is -3.95. The second-order valence-electron chi connectivity index (χ2n) is 11.7. The Balaban J connectivity index is 1.58. The summed E-state index contributed by atoms with van der Waals surface area (Å²) in [5.41, 5.74) is 2.97. The van der Waals surface area contributed by atoms with Gasteiger partial charge < -0.3 is 10.2 Å². The number of sulfonamides is 1. The fourth-order valence-corrected chi connectivity index (χ4v) is 7.96. The van der Waals surface area contributed by atoms with Gasteiger partial charge in [-0.1, -0.05) is 115 Å². The number of nitrogens with zero attached hydrogens (tertiary/aromatic N) is 2. The van der Waals surface area contributed by atoms with E-state index in [4.69, 9.17) is 0 Å². The molecule has 0 aliphatic heterocycles. The van der Waals surface area contributed by atoms with Gasteiger partial charge in [0.1, 0.15) is 12.6 Å². The number of hydrogen-bond acceptors (Lipinski definition) is 4. The number of para-hydroxylation sites is 1. The molecule has 0 aromatic heterocycles. The summed E-state index contributed by atoms with van der Waals surface area (Å²) in [6, 6.07) is 31.9. The molecule has 7 nitrogen and oxygen atoms in total. The molecule has 0 bridgehead atoms. The lowest BCUT2D eigenvalue weighted by atomic mass is 10.0. The molecule has 0 saturated heterocycles. The molecule has 1 fully saturated rings. The predicted molar refractivity (Wildman–Crippen MR) is 186 cm³/mol. The van der Waals surface area contributed by atoms with Gasteiger partial charge in [0.15, 0.2) is 0 Å². The van der Waals surface area contributed by atoms with Crippen LogP contribution in [0.1, 0.15) is 49.3 Å². The summed E-state index contributed by atoms with van der Waals surface area (Å²) in [7, 11) is -4.14. The number of hydrogen-bond donors (Lipinski definition) is 1. The van der Waals surface area contributed by atoms with E-state index in [0.717, 1.165) is 46.8 Å². The minimum atomic E-state index is -4.14. The normalized spacial score (nSPS) is 14.0. The maximum atomic E-state index is 14.7. The lowest BCUT2D eigenvalue weighted by Gasteiger charge is -2.34. The minimum Gasteiger partial charge on any atom is -0.352 e. The molecule has 46 heavy (non-hydrogen) atoms. The average molecular weight is 703 g/mol. The van der Waals surface area contributed by atoms with Crippen molar-refractivity contribution in [3.8, 4) is 0 Å². The number of anilines is 1. The third-order valence-electron chi connectivity index (χ3n) is 8.47. The zero-order valence-corrected chi connectivity index (χ0v) is 28.4. The molecule has 240 valence electrons. The van der Waals surface area contributed by atoms with Crippen LogP contribution in [-0.4, -0.2) is 43.8 Å². The lowest BCUT2D eigenvalue weighted by molar-refractivity contribution is -0.140. The van der Waals surface area contributed by atoms with Gasteiger partial charge in [-0.3, -0.25) is 13.9 Å². The Bertz CT molecular complexity index is 1730. The van der Waals surface area contributed by atoms with Gasteiger partial charge >= 0.3 is 0 Å². The van der Waals surface area contributed by atoms with E-state index in [1.54, 1.807) is 35.2 Å². The summed E-state index contributed by atoms with van der Waals surface area (Å²) in [5.74, 6) is -0.696. The third kappa shape index (κ3) is 8.25. The fraction of sp³-hybridized carbons (Fsp3) is 0.297. The van der Waals surface area contributed by atoms with Crippen LogP contribution in [0.2, 0.25) is 0 Å². The van der Waals surface area contributed by atoms with Crippen molar-refractivity contribution >= 4 is 43.5 Å². The Labute approximate surface area is 280 Å². The number of benzene rings is 4. The van der Waals surface area contributed by atoms with E-state index in [1.807, 2.05) is 73.7 Å². The molecule has 1 atom stereocenters. The second kappa shape index (κ2) is 15.6. The maximum Gasteiger partial charge on any atom is 0.264 e. The number of amides is 2. The summed E-state index contributed by atoms with van der Waals surface area (Å²) in [5, 5.41) is 3.22. The van der Waals surface area contributed by atoms with Gasteiger partial charge in [0.2, 0.25) is 11.8 Å². The molecular formula is C37H40BrN3O4S. The van der Waals surface area contributed by atoms with E-state index in [1.165, 1.54) is 16.4 Å². The van der Waals surface area contributed by atoms with E-state index >= 15 is 0 Å². The van der Waals surface area contributed by atoms with Gasteiger partial charge in [0.25, 0.3) is 10.0 Å². The molecule has 0 heterocycles.